The van der Waals surface area contributed by atoms with Crippen LogP contribution < -0.4 is 14.2 Å². The van der Waals surface area contributed by atoms with Gasteiger partial charge in [0.2, 0.25) is 0 Å². The number of hydrogen-bond donors (Lipinski definition) is 1. The first-order chi connectivity index (χ1) is 9.60. The predicted octanol–water partition coefficient (Wildman–Crippen LogP) is 1.49. The molecule has 112 valence electrons. The average Bonchev–Trinajstić information content (AvgIpc) is 2.46. The van der Waals surface area contributed by atoms with Crippen molar-refractivity contribution in [3.63, 3.8) is 0 Å². The fourth-order valence-electron chi connectivity index (χ4n) is 2.82. The van der Waals surface area contributed by atoms with E-state index in [1.54, 1.807) is 21.3 Å². The molecule has 0 saturated carbocycles. The zero-order chi connectivity index (χ0) is 14.7. The van der Waals surface area contributed by atoms with E-state index >= 15 is 0 Å². The van der Waals surface area contributed by atoms with E-state index in [4.69, 9.17) is 14.2 Å². The molecular formula is C15H23NO4. The highest BCUT2D eigenvalue weighted by molar-refractivity contribution is 5.53. The number of aliphatic hydroxyl groups is 1. The van der Waals surface area contributed by atoms with Crippen molar-refractivity contribution in [1.82, 2.24) is 4.90 Å². The van der Waals surface area contributed by atoms with Gasteiger partial charge in [0.1, 0.15) is 17.2 Å². The number of hydrogen-bond acceptors (Lipinski definition) is 5. The molecule has 1 aliphatic rings. The topological polar surface area (TPSA) is 51.2 Å². The maximum atomic E-state index is 10.4. The number of rotatable bonds is 4. The van der Waals surface area contributed by atoms with E-state index in [1.165, 1.54) is 0 Å². The number of piperidine rings is 1. The monoisotopic (exact) mass is 281 g/mol. The Balaban J connectivity index is 2.43. The second-order valence-electron chi connectivity index (χ2n) is 5.17. The molecule has 1 N–H and O–H groups in total. The van der Waals surface area contributed by atoms with Crippen molar-refractivity contribution in [2.24, 2.45) is 0 Å². The highest BCUT2D eigenvalue weighted by atomic mass is 16.5. The summed E-state index contributed by atoms with van der Waals surface area (Å²) >= 11 is 0. The van der Waals surface area contributed by atoms with E-state index in [9.17, 15) is 5.11 Å². The number of nitrogens with zero attached hydrogens (tertiary/aromatic N) is 1. The summed E-state index contributed by atoms with van der Waals surface area (Å²) < 4.78 is 16.2. The van der Waals surface area contributed by atoms with Gasteiger partial charge in [0.15, 0.2) is 0 Å². The molecule has 5 nitrogen and oxygen atoms in total. The molecule has 5 heteroatoms. The molecule has 2 atom stereocenters. The number of likely N-dealkylation sites (tertiary alicyclic amines) is 1. The molecule has 0 unspecified atom stereocenters. The second-order valence-corrected chi connectivity index (χ2v) is 5.17. The van der Waals surface area contributed by atoms with Crippen molar-refractivity contribution in [3.05, 3.63) is 17.7 Å². The second kappa shape index (κ2) is 6.33. The van der Waals surface area contributed by atoms with Gasteiger partial charge in [-0.05, 0) is 20.0 Å². The normalized spacial score (nSPS) is 23.4. The molecule has 0 radical (unpaired) electrons. The molecule has 1 heterocycles. The van der Waals surface area contributed by atoms with Crippen LogP contribution in [-0.4, -0.2) is 57.6 Å². The average molecular weight is 281 g/mol. The number of benzene rings is 1. The van der Waals surface area contributed by atoms with Crippen LogP contribution in [0.25, 0.3) is 0 Å². The largest absolute Gasteiger partial charge is 0.496 e. The molecule has 0 amide bonds. The lowest BCUT2D eigenvalue weighted by atomic mass is 9.86. The maximum Gasteiger partial charge on any atom is 0.129 e. The highest BCUT2D eigenvalue weighted by Gasteiger charge is 2.32. The van der Waals surface area contributed by atoms with Gasteiger partial charge >= 0.3 is 0 Å². The fourth-order valence-corrected chi connectivity index (χ4v) is 2.82. The lowest BCUT2D eigenvalue weighted by Gasteiger charge is -2.35. The van der Waals surface area contributed by atoms with Crippen molar-refractivity contribution in [2.75, 3.05) is 41.5 Å². The zero-order valence-electron chi connectivity index (χ0n) is 12.5. The molecule has 1 fully saturated rings. The third-order valence-corrected chi connectivity index (χ3v) is 3.91. The standard InChI is InChI=1S/C15H23NO4/c1-16-6-5-11(12(17)9-16)15-13(19-3)7-10(18-2)8-14(15)20-4/h7-8,11-12,17H,5-6,9H2,1-4H3/t11-,12+/m1/s1. The van der Waals surface area contributed by atoms with E-state index in [0.29, 0.717) is 23.8 Å². The Bertz CT molecular complexity index is 438. The zero-order valence-corrected chi connectivity index (χ0v) is 12.5. The van der Waals surface area contributed by atoms with Gasteiger partial charge in [-0.1, -0.05) is 0 Å². The van der Waals surface area contributed by atoms with Crippen LogP contribution in [-0.2, 0) is 0 Å². The minimum atomic E-state index is -0.426. The van der Waals surface area contributed by atoms with E-state index < -0.39 is 6.10 Å². The maximum absolute atomic E-state index is 10.4. The van der Waals surface area contributed by atoms with Crippen molar-refractivity contribution < 1.29 is 19.3 Å². The predicted molar refractivity (Wildman–Crippen MR) is 77.0 cm³/mol. The molecule has 0 aromatic heterocycles. The van der Waals surface area contributed by atoms with Gasteiger partial charge in [-0.3, -0.25) is 0 Å². The molecule has 20 heavy (non-hydrogen) atoms. The summed E-state index contributed by atoms with van der Waals surface area (Å²) in [5, 5.41) is 10.4. The molecule has 0 bridgehead atoms. The van der Waals surface area contributed by atoms with Crippen LogP contribution in [0.5, 0.6) is 17.2 Å². The van der Waals surface area contributed by atoms with Crippen LogP contribution in [0.4, 0.5) is 0 Å². The van der Waals surface area contributed by atoms with Gasteiger partial charge in [-0.15, -0.1) is 0 Å². The first-order valence-electron chi connectivity index (χ1n) is 6.77. The first kappa shape index (κ1) is 14.9. The van der Waals surface area contributed by atoms with E-state index in [1.807, 2.05) is 19.2 Å². The summed E-state index contributed by atoms with van der Waals surface area (Å²) in [6.45, 7) is 1.60. The van der Waals surface area contributed by atoms with E-state index in [0.717, 1.165) is 18.5 Å². The van der Waals surface area contributed by atoms with Crippen LogP contribution in [0, 0.1) is 0 Å². The number of β-amino-alcohol motifs (C(OH)–C–C–N with tert-alkyl or cyclic N) is 1. The van der Waals surface area contributed by atoms with Crippen LogP contribution in [0.15, 0.2) is 12.1 Å². The summed E-state index contributed by atoms with van der Waals surface area (Å²) in [4.78, 5) is 2.13. The molecular weight excluding hydrogens is 258 g/mol. The molecule has 0 aliphatic carbocycles. The summed E-state index contributed by atoms with van der Waals surface area (Å²) in [5.74, 6) is 2.11. The molecule has 0 spiro atoms. The molecule has 1 aromatic rings. The number of likely N-dealkylation sites (N-methyl/N-ethyl adjacent to an activating group) is 1. The fraction of sp³-hybridized carbons (Fsp3) is 0.600. The smallest absolute Gasteiger partial charge is 0.129 e. The number of aliphatic hydroxyl groups excluding tert-OH is 1. The first-order valence-corrected chi connectivity index (χ1v) is 6.77. The Morgan fingerprint density at radius 2 is 1.70 bits per heavy atom. The summed E-state index contributed by atoms with van der Waals surface area (Å²) in [6.07, 6.45) is 0.446. The molecule has 2 rings (SSSR count). The Morgan fingerprint density at radius 3 is 2.15 bits per heavy atom. The lowest BCUT2D eigenvalue weighted by Crippen LogP contribution is -2.40. The quantitative estimate of drug-likeness (QED) is 0.906. The number of ether oxygens (including phenoxy) is 3. The third kappa shape index (κ3) is 2.83. The Hall–Kier alpha value is -1.46. The van der Waals surface area contributed by atoms with Crippen LogP contribution in [0.3, 0.4) is 0 Å². The highest BCUT2D eigenvalue weighted by Crippen LogP contribution is 2.42. The van der Waals surface area contributed by atoms with E-state index in [-0.39, 0.29) is 5.92 Å². The SMILES string of the molecule is COc1cc(OC)c([C@@H]2CCN(C)C[C@@H]2O)c(OC)c1. The van der Waals surface area contributed by atoms with Crippen LogP contribution >= 0.6 is 0 Å². The van der Waals surface area contributed by atoms with Crippen molar-refractivity contribution >= 4 is 0 Å². The molecule has 1 aliphatic heterocycles. The number of methoxy groups -OCH3 is 3. The Morgan fingerprint density at radius 1 is 1.10 bits per heavy atom. The van der Waals surface area contributed by atoms with Gasteiger partial charge in [-0.2, -0.15) is 0 Å². The minimum absolute atomic E-state index is 0.0157. The third-order valence-electron chi connectivity index (χ3n) is 3.91. The van der Waals surface area contributed by atoms with Crippen LogP contribution in [0.1, 0.15) is 17.9 Å². The Kier molecular flexibility index (Phi) is 4.73. The van der Waals surface area contributed by atoms with Gasteiger partial charge in [-0.25, -0.2) is 0 Å². The van der Waals surface area contributed by atoms with E-state index in [2.05, 4.69) is 4.90 Å². The lowest BCUT2D eigenvalue weighted by molar-refractivity contribution is 0.0619. The van der Waals surface area contributed by atoms with Gasteiger partial charge < -0.3 is 24.2 Å². The van der Waals surface area contributed by atoms with Crippen molar-refractivity contribution in [1.29, 1.82) is 0 Å². The van der Waals surface area contributed by atoms with Crippen molar-refractivity contribution in [3.8, 4) is 17.2 Å². The summed E-state index contributed by atoms with van der Waals surface area (Å²) in [6, 6.07) is 3.67. The Labute approximate surface area is 120 Å². The molecule has 1 saturated heterocycles. The van der Waals surface area contributed by atoms with Gasteiger partial charge in [0, 0.05) is 30.2 Å². The summed E-state index contributed by atoms with van der Waals surface area (Å²) in [7, 11) is 6.87. The molecule has 1 aromatic carbocycles. The van der Waals surface area contributed by atoms with Gasteiger partial charge in [0.25, 0.3) is 0 Å². The minimum Gasteiger partial charge on any atom is -0.496 e. The summed E-state index contributed by atoms with van der Waals surface area (Å²) in [5.41, 5.74) is 0.927. The van der Waals surface area contributed by atoms with Gasteiger partial charge in [0.05, 0.1) is 27.4 Å². The van der Waals surface area contributed by atoms with Crippen LogP contribution in [0.2, 0.25) is 0 Å². The van der Waals surface area contributed by atoms with Crippen molar-refractivity contribution in [2.45, 2.75) is 18.4 Å².